The van der Waals surface area contributed by atoms with Gasteiger partial charge in [-0.15, -0.1) is 0 Å². The number of nitrogens with zero attached hydrogens (tertiary/aromatic N) is 1. The quantitative estimate of drug-likeness (QED) is 0.734. The first-order valence-corrected chi connectivity index (χ1v) is 8.68. The third kappa shape index (κ3) is 4.79. The molecule has 0 saturated carbocycles. The molecule has 3 rings (SSSR count). The van der Waals surface area contributed by atoms with E-state index in [0.29, 0.717) is 22.9 Å². The lowest BCUT2D eigenvalue weighted by atomic mass is 10.2. The van der Waals surface area contributed by atoms with Crippen LogP contribution in [0.3, 0.4) is 0 Å². The zero-order chi connectivity index (χ0) is 19.9. The van der Waals surface area contributed by atoms with Gasteiger partial charge in [-0.3, -0.25) is 14.4 Å². The van der Waals surface area contributed by atoms with Crippen LogP contribution in [-0.2, 0) is 19.1 Å². The Bertz CT molecular complexity index is 883. The number of anilines is 2. The van der Waals surface area contributed by atoms with E-state index in [1.807, 2.05) is 6.07 Å². The fourth-order valence-corrected chi connectivity index (χ4v) is 2.72. The average Bonchev–Trinajstić information content (AvgIpc) is 2.71. The highest BCUT2D eigenvalue weighted by atomic mass is 16.5. The van der Waals surface area contributed by atoms with E-state index in [2.05, 4.69) is 5.32 Å². The van der Waals surface area contributed by atoms with Gasteiger partial charge in [0.15, 0.2) is 13.2 Å². The first-order chi connectivity index (χ1) is 13.6. The van der Waals surface area contributed by atoms with Gasteiger partial charge in [-0.1, -0.05) is 18.2 Å². The van der Waals surface area contributed by atoms with Gasteiger partial charge in [0, 0.05) is 18.3 Å². The molecule has 146 valence electrons. The molecule has 1 N–H and O–H groups in total. The minimum Gasteiger partial charge on any atom is -0.497 e. The van der Waals surface area contributed by atoms with Crippen LogP contribution >= 0.6 is 0 Å². The zero-order valence-electron chi connectivity index (χ0n) is 15.3. The number of hydrogen-bond donors (Lipinski definition) is 1. The molecule has 2 aromatic carbocycles. The molecule has 0 spiro atoms. The van der Waals surface area contributed by atoms with E-state index in [0.717, 1.165) is 0 Å². The van der Waals surface area contributed by atoms with E-state index in [9.17, 15) is 14.4 Å². The molecule has 8 heteroatoms. The average molecular weight is 384 g/mol. The minimum atomic E-state index is -0.572. The number of benzene rings is 2. The van der Waals surface area contributed by atoms with E-state index < -0.39 is 18.5 Å². The summed E-state index contributed by atoms with van der Waals surface area (Å²) in [5.41, 5.74) is 1.15. The molecule has 0 radical (unpaired) electrons. The first kappa shape index (κ1) is 19.2. The summed E-state index contributed by atoms with van der Waals surface area (Å²) < 4.78 is 15.4. The summed E-state index contributed by atoms with van der Waals surface area (Å²) in [6.45, 7) is -0.339. The highest BCUT2D eigenvalue weighted by Crippen LogP contribution is 2.31. The van der Waals surface area contributed by atoms with Crippen molar-refractivity contribution in [3.05, 3.63) is 48.5 Å². The topological polar surface area (TPSA) is 94.2 Å². The van der Waals surface area contributed by atoms with Crippen LogP contribution in [0.2, 0.25) is 0 Å². The molecule has 0 bridgehead atoms. The minimum absolute atomic E-state index is 0.0352. The fraction of sp³-hybridized carbons (Fsp3) is 0.250. The number of fused-ring (bicyclic) bond motifs is 1. The van der Waals surface area contributed by atoms with Gasteiger partial charge < -0.3 is 24.4 Å². The van der Waals surface area contributed by atoms with Crippen molar-refractivity contribution < 1.29 is 28.6 Å². The number of ether oxygens (including phenoxy) is 3. The van der Waals surface area contributed by atoms with Crippen molar-refractivity contribution in [1.29, 1.82) is 0 Å². The van der Waals surface area contributed by atoms with Gasteiger partial charge in [-0.05, 0) is 24.3 Å². The molecule has 0 unspecified atom stereocenters. The van der Waals surface area contributed by atoms with Crippen LogP contribution in [0.1, 0.15) is 6.42 Å². The van der Waals surface area contributed by atoms with E-state index >= 15 is 0 Å². The van der Waals surface area contributed by atoms with Gasteiger partial charge in [-0.25, -0.2) is 0 Å². The number of nitrogens with one attached hydrogen (secondary N) is 1. The molecule has 0 aliphatic carbocycles. The Morgan fingerprint density at radius 2 is 2.00 bits per heavy atom. The maximum absolute atomic E-state index is 12.1. The van der Waals surface area contributed by atoms with Gasteiger partial charge in [0.25, 0.3) is 11.8 Å². The normalized spacial score (nSPS) is 12.6. The molecular weight excluding hydrogens is 364 g/mol. The second-order valence-corrected chi connectivity index (χ2v) is 5.99. The summed E-state index contributed by atoms with van der Waals surface area (Å²) >= 11 is 0. The van der Waals surface area contributed by atoms with Crippen molar-refractivity contribution in [3.8, 4) is 11.5 Å². The summed E-state index contributed by atoms with van der Waals surface area (Å²) in [4.78, 5) is 37.4. The summed E-state index contributed by atoms with van der Waals surface area (Å²) in [5.74, 6) is -0.0763. The summed E-state index contributed by atoms with van der Waals surface area (Å²) in [5, 5.41) is 2.62. The summed E-state index contributed by atoms with van der Waals surface area (Å²) in [6, 6.07) is 13.9. The molecule has 0 aromatic heterocycles. The van der Waals surface area contributed by atoms with Crippen LogP contribution < -0.4 is 19.7 Å². The van der Waals surface area contributed by atoms with Gasteiger partial charge in [-0.2, -0.15) is 0 Å². The summed E-state index contributed by atoms with van der Waals surface area (Å²) in [7, 11) is 1.53. The second kappa shape index (κ2) is 8.90. The number of para-hydroxylation sites is 2. The number of hydrogen-bond acceptors (Lipinski definition) is 6. The first-order valence-electron chi connectivity index (χ1n) is 8.68. The van der Waals surface area contributed by atoms with E-state index in [4.69, 9.17) is 14.2 Å². The fourth-order valence-electron chi connectivity index (χ4n) is 2.72. The molecule has 1 aliphatic heterocycles. The molecule has 2 amide bonds. The Kier molecular flexibility index (Phi) is 6.11. The van der Waals surface area contributed by atoms with Crippen LogP contribution in [0.15, 0.2) is 48.5 Å². The molecule has 8 nitrogen and oxygen atoms in total. The van der Waals surface area contributed by atoms with Crippen molar-refractivity contribution in [2.75, 3.05) is 37.1 Å². The van der Waals surface area contributed by atoms with Crippen molar-refractivity contribution in [2.45, 2.75) is 6.42 Å². The van der Waals surface area contributed by atoms with E-state index in [-0.39, 0.29) is 25.5 Å². The molecule has 1 aliphatic rings. The SMILES string of the molecule is COc1cccc(NC(=O)COC(=O)CCN2C(=O)COc3ccccc32)c1. The molecule has 0 fully saturated rings. The smallest absolute Gasteiger partial charge is 0.308 e. The maximum atomic E-state index is 12.1. The van der Waals surface area contributed by atoms with Crippen LogP contribution in [0.5, 0.6) is 11.5 Å². The van der Waals surface area contributed by atoms with Crippen LogP contribution in [-0.4, -0.2) is 44.7 Å². The van der Waals surface area contributed by atoms with Crippen LogP contribution in [0.25, 0.3) is 0 Å². The molecule has 0 atom stereocenters. The van der Waals surface area contributed by atoms with Crippen molar-refractivity contribution in [1.82, 2.24) is 0 Å². The largest absolute Gasteiger partial charge is 0.497 e. The monoisotopic (exact) mass is 384 g/mol. The van der Waals surface area contributed by atoms with E-state index in [1.165, 1.54) is 12.0 Å². The lowest BCUT2D eigenvalue weighted by molar-refractivity contribution is -0.147. The highest BCUT2D eigenvalue weighted by molar-refractivity contribution is 5.98. The zero-order valence-corrected chi connectivity index (χ0v) is 15.3. The Morgan fingerprint density at radius 1 is 1.18 bits per heavy atom. The predicted octanol–water partition coefficient (Wildman–Crippen LogP) is 1.99. The summed E-state index contributed by atoms with van der Waals surface area (Å²) in [6.07, 6.45) is -0.0352. The second-order valence-electron chi connectivity index (χ2n) is 5.99. The van der Waals surface area contributed by atoms with Crippen LogP contribution in [0, 0.1) is 0 Å². The Hall–Kier alpha value is -3.55. The Labute approximate surface area is 162 Å². The third-order valence-electron chi connectivity index (χ3n) is 4.07. The molecule has 28 heavy (non-hydrogen) atoms. The van der Waals surface area contributed by atoms with Gasteiger partial charge in [0.2, 0.25) is 0 Å². The number of amides is 2. The standard InChI is InChI=1S/C20H20N2O6/c1-26-15-6-4-5-14(11-15)21-18(23)12-28-20(25)9-10-22-16-7-2-3-8-17(16)27-13-19(22)24/h2-8,11H,9-10,12-13H2,1H3,(H,21,23). The predicted molar refractivity (Wildman–Crippen MR) is 101 cm³/mol. The number of carbonyl (C=O) groups is 3. The van der Waals surface area contributed by atoms with Gasteiger partial charge in [0.05, 0.1) is 19.2 Å². The van der Waals surface area contributed by atoms with Gasteiger partial charge in [0.1, 0.15) is 11.5 Å². The highest BCUT2D eigenvalue weighted by Gasteiger charge is 2.25. The van der Waals surface area contributed by atoms with Gasteiger partial charge >= 0.3 is 5.97 Å². The van der Waals surface area contributed by atoms with Crippen LogP contribution in [0.4, 0.5) is 11.4 Å². The van der Waals surface area contributed by atoms with E-state index in [1.54, 1.807) is 42.5 Å². The lowest BCUT2D eigenvalue weighted by Gasteiger charge is -2.28. The molecule has 0 saturated heterocycles. The number of carbonyl (C=O) groups excluding carboxylic acids is 3. The lowest BCUT2D eigenvalue weighted by Crippen LogP contribution is -2.40. The molecular formula is C20H20N2O6. The Morgan fingerprint density at radius 3 is 2.82 bits per heavy atom. The van der Waals surface area contributed by atoms with Crippen molar-refractivity contribution in [2.24, 2.45) is 0 Å². The Balaban J connectivity index is 1.47. The number of esters is 1. The van der Waals surface area contributed by atoms with Crippen molar-refractivity contribution >= 4 is 29.2 Å². The molecule has 1 heterocycles. The number of methoxy groups -OCH3 is 1. The number of rotatable bonds is 7. The third-order valence-corrected chi connectivity index (χ3v) is 4.07. The molecule has 2 aromatic rings. The van der Waals surface area contributed by atoms with Crippen molar-refractivity contribution in [3.63, 3.8) is 0 Å². The maximum Gasteiger partial charge on any atom is 0.308 e.